The third-order valence-corrected chi connectivity index (χ3v) is 4.07. The molecule has 0 spiro atoms. The third-order valence-electron chi connectivity index (χ3n) is 3.51. The van der Waals surface area contributed by atoms with E-state index in [9.17, 15) is 0 Å². The lowest BCUT2D eigenvalue weighted by Gasteiger charge is -2.35. The summed E-state index contributed by atoms with van der Waals surface area (Å²) in [4.78, 5) is 11.3. The molecule has 0 amide bonds. The highest BCUT2D eigenvalue weighted by Crippen LogP contribution is 2.27. The molecule has 1 fully saturated rings. The summed E-state index contributed by atoms with van der Waals surface area (Å²) in [5, 5.41) is 0. The molecule has 2 atom stereocenters. The lowest BCUT2D eigenvalue weighted by Crippen LogP contribution is -2.40. The molecule has 0 radical (unpaired) electrons. The minimum atomic E-state index is 0.720. The van der Waals surface area contributed by atoms with Crippen molar-refractivity contribution >= 4 is 27.5 Å². The Labute approximate surface area is 115 Å². The Balaban J connectivity index is 2.03. The maximum absolute atomic E-state index is 4.57. The molecular formula is C13H17BrN4. The number of fused-ring (bicyclic) bond motifs is 1. The molecule has 3 rings (SSSR count). The summed E-state index contributed by atoms with van der Waals surface area (Å²) in [6.07, 6.45) is 6.95. The van der Waals surface area contributed by atoms with Gasteiger partial charge in [0.1, 0.15) is 0 Å². The van der Waals surface area contributed by atoms with E-state index in [1.807, 2.05) is 18.6 Å². The van der Waals surface area contributed by atoms with Crippen molar-refractivity contribution in [1.82, 2.24) is 14.4 Å². The van der Waals surface area contributed by atoms with Gasteiger partial charge in [0.25, 0.3) is 0 Å². The van der Waals surface area contributed by atoms with Crippen LogP contribution < -0.4 is 4.90 Å². The quantitative estimate of drug-likeness (QED) is 0.812. The minimum Gasteiger partial charge on any atom is -0.341 e. The van der Waals surface area contributed by atoms with Crippen LogP contribution in [0.5, 0.6) is 0 Å². The average molecular weight is 309 g/mol. The highest BCUT2D eigenvalue weighted by atomic mass is 79.9. The summed E-state index contributed by atoms with van der Waals surface area (Å²) >= 11 is 3.49. The molecule has 1 aliphatic heterocycles. The first-order chi connectivity index (χ1) is 8.65. The number of piperidine rings is 1. The van der Waals surface area contributed by atoms with Gasteiger partial charge in [0.05, 0.1) is 4.47 Å². The van der Waals surface area contributed by atoms with Crippen LogP contribution >= 0.6 is 15.9 Å². The van der Waals surface area contributed by atoms with Gasteiger partial charge in [-0.3, -0.25) is 4.40 Å². The highest BCUT2D eigenvalue weighted by molar-refractivity contribution is 9.10. The monoisotopic (exact) mass is 308 g/mol. The Bertz CT molecular complexity index is 555. The van der Waals surface area contributed by atoms with Crippen LogP contribution in [-0.2, 0) is 0 Å². The van der Waals surface area contributed by atoms with Crippen molar-refractivity contribution in [3.8, 4) is 0 Å². The van der Waals surface area contributed by atoms with Crippen molar-refractivity contribution in [2.45, 2.75) is 20.3 Å². The van der Waals surface area contributed by atoms with Crippen molar-refractivity contribution in [1.29, 1.82) is 0 Å². The second-order valence-corrected chi connectivity index (χ2v) is 6.23. The van der Waals surface area contributed by atoms with Crippen LogP contribution in [0.3, 0.4) is 0 Å². The lowest BCUT2D eigenvalue weighted by molar-refractivity contribution is 0.353. The molecule has 5 heteroatoms. The van der Waals surface area contributed by atoms with E-state index in [1.54, 1.807) is 0 Å². The van der Waals surface area contributed by atoms with Crippen LogP contribution in [0.4, 0.5) is 5.95 Å². The molecule has 0 aromatic carbocycles. The minimum absolute atomic E-state index is 0.720. The van der Waals surface area contributed by atoms with Gasteiger partial charge in [-0.1, -0.05) is 13.8 Å². The Kier molecular flexibility index (Phi) is 3.01. The maximum atomic E-state index is 4.57. The van der Waals surface area contributed by atoms with Gasteiger partial charge in [-0.05, 0) is 34.2 Å². The Hall–Kier alpha value is -1.10. The highest BCUT2D eigenvalue weighted by Gasteiger charge is 2.24. The number of nitrogens with zero attached hydrogens (tertiary/aromatic N) is 4. The van der Waals surface area contributed by atoms with Crippen molar-refractivity contribution in [2.75, 3.05) is 18.0 Å². The molecule has 1 aliphatic rings. The van der Waals surface area contributed by atoms with Crippen LogP contribution in [0.25, 0.3) is 5.65 Å². The second kappa shape index (κ2) is 4.53. The van der Waals surface area contributed by atoms with Crippen molar-refractivity contribution in [2.24, 2.45) is 11.8 Å². The topological polar surface area (TPSA) is 33.4 Å². The summed E-state index contributed by atoms with van der Waals surface area (Å²) in [7, 11) is 0. The Morgan fingerprint density at radius 2 is 1.94 bits per heavy atom. The van der Waals surface area contributed by atoms with Crippen LogP contribution in [0, 0.1) is 11.8 Å². The molecule has 96 valence electrons. The van der Waals surface area contributed by atoms with Crippen molar-refractivity contribution < 1.29 is 0 Å². The van der Waals surface area contributed by atoms with Crippen LogP contribution in [-0.4, -0.2) is 27.5 Å². The summed E-state index contributed by atoms with van der Waals surface area (Å²) in [6.45, 7) is 6.78. The zero-order chi connectivity index (χ0) is 12.7. The van der Waals surface area contributed by atoms with Gasteiger partial charge in [0.2, 0.25) is 5.95 Å². The largest absolute Gasteiger partial charge is 0.341 e. The number of halogens is 1. The van der Waals surface area contributed by atoms with E-state index in [4.69, 9.17) is 0 Å². The smallest absolute Gasteiger partial charge is 0.211 e. The molecule has 1 saturated heterocycles. The first-order valence-corrected chi connectivity index (χ1v) is 7.17. The van der Waals surface area contributed by atoms with E-state index >= 15 is 0 Å². The van der Waals surface area contributed by atoms with E-state index < -0.39 is 0 Å². The van der Waals surface area contributed by atoms with Gasteiger partial charge < -0.3 is 4.90 Å². The summed E-state index contributed by atoms with van der Waals surface area (Å²) in [5.74, 6) is 2.44. The second-order valence-electron chi connectivity index (χ2n) is 5.38. The van der Waals surface area contributed by atoms with E-state index in [0.717, 1.165) is 41.0 Å². The third kappa shape index (κ3) is 2.00. The number of hydrogen-bond donors (Lipinski definition) is 0. The molecule has 0 saturated carbocycles. The Morgan fingerprint density at radius 3 is 2.67 bits per heavy atom. The Morgan fingerprint density at radius 1 is 1.22 bits per heavy atom. The predicted molar refractivity (Wildman–Crippen MR) is 75.8 cm³/mol. The fourth-order valence-electron chi connectivity index (χ4n) is 2.94. The van der Waals surface area contributed by atoms with Gasteiger partial charge in [-0.15, -0.1) is 0 Å². The number of hydrogen-bond acceptors (Lipinski definition) is 3. The lowest BCUT2D eigenvalue weighted by atomic mass is 9.92. The molecule has 18 heavy (non-hydrogen) atoms. The molecule has 2 aromatic rings. The van der Waals surface area contributed by atoms with Gasteiger partial charge in [-0.25, -0.2) is 9.97 Å². The first kappa shape index (κ1) is 12.0. The fraction of sp³-hybridized carbons (Fsp3) is 0.538. The van der Waals surface area contributed by atoms with E-state index in [1.165, 1.54) is 6.42 Å². The average Bonchev–Trinajstić information content (AvgIpc) is 2.77. The number of aromatic nitrogens is 3. The molecule has 3 heterocycles. The summed E-state index contributed by atoms with van der Waals surface area (Å²) in [6, 6.07) is 0. The normalized spacial score (nSPS) is 24.7. The molecule has 2 unspecified atom stereocenters. The van der Waals surface area contributed by atoms with E-state index in [0.29, 0.717) is 0 Å². The van der Waals surface area contributed by atoms with E-state index in [-0.39, 0.29) is 0 Å². The predicted octanol–water partition coefficient (Wildman–Crippen LogP) is 2.97. The fourth-order valence-corrected chi connectivity index (χ4v) is 3.33. The number of imidazole rings is 1. The van der Waals surface area contributed by atoms with Crippen LogP contribution in [0.1, 0.15) is 20.3 Å². The van der Waals surface area contributed by atoms with Crippen LogP contribution in [0.2, 0.25) is 0 Å². The van der Waals surface area contributed by atoms with Gasteiger partial charge in [0, 0.05) is 31.7 Å². The summed E-state index contributed by atoms with van der Waals surface area (Å²) < 4.78 is 3.00. The number of anilines is 1. The summed E-state index contributed by atoms with van der Waals surface area (Å²) in [5.41, 5.74) is 0.936. The molecular weight excluding hydrogens is 292 g/mol. The van der Waals surface area contributed by atoms with E-state index in [2.05, 4.69) is 49.0 Å². The molecule has 0 aliphatic carbocycles. The number of rotatable bonds is 1. The SMILES string of the molecule is CC1CC(C)CN(c2ncc(Br)c3nccn23)C1. The van der Waals surface area contributed by atoms with Gasteiger partial charge >= 0.3 is 0 Å². The van der Waals surface area contributed by atoms with Crippen molar-refractivity contribution in [3.63, 3.8) is 0 Å². The van der Waals surface area contributed by atoms with Crippen LogP contribution in [0.15, 0.2) is 23.1 Å². The molecule has 0 bridgehead atoms. The first-order valence-electron chi connectivity index (χ1n) is 6.37. The molecule has 2 aromatic heterocycles. The zero-order valence-electron chi connectivity index (χ0n) is 10.7. The molecule has 4 nitrogen and oxygen atoms in total. The van der Waals surface area contributed by atoms with Gasteiger partial charge in [0.15, 0.2) is 5.65 Å². The standard InChI is InChI=1S/C13H17BrN4/c1-9-5-10(2)8-17(7-9)13-16-6-11(14)12-15-3-4-18(12)13/h3-4,6,9-10H,5,7-8H2,1-2H3. The van der Waals surface area contributed by atoms with Gasteiger partial charge in [-0.2, -0.15) is 0 Å². The van der Waals surface area contributed by atoms with Crippen molar-refractivity contribution in [3.05, 3.63) is 23.1 Å². The zero-order valence-corrected chi connectivity index (χ0v) is 12.3. The molecule has 0 N–H and O–H groups in total. The maximum Gasteiger partial charge on any atom is 0.211 e.